The molecule has 3 unspecified atom stereocenters. The molecule has 9 rings (SSSR count). The van der Waals surface area contributed by atoms with E-state index >= 15 is 0 Å². The SMILES string of the molecule is Cc1c(-c2cc3ccc(-c4ccc(C(N)=O)cc4C(F)(F)F)cc3n2CC2CC2)nn2cc(C(=O)N3CC4CC5CC3[C@H]54)ccc12. The van der Waals surface area contributed by atoms with Gasteiger partial charge in [-0.25, -0.2) is 4.52 Å². The molecule has 0 spiro atoms. The fraction of sp³-hybridized carbons (Fsp3) is 0.361. The smallest absolute Gasteiger partial charge is 0.366 e. The van der Waals surface area contributed by atoms with E-state index in [0.717, 1.165) is 77.7 Å². The number of rotatable bonds is 6. The van der Waals surface area contributed by atoms with Gasteiger partial charge in [0.05, 0.1) is 22.3 Å². The van der Waals surface area contributed by atoms with Crippen molar-refractivity contribution in [2.75, 3.05) is 6.54 Å². The van der Waals surface area contributed by atoms with Crippen LogP contribution in [-0.2, 0) is 12.7 Å². The lowest BCUT2D eigenvalue weighted by Gasteiger charge is -2.52. The summed E-state index contributed by atoms with van der Waals surface area (Å²) in [6.07, 6.45) is 1.75. The molecule has 0 radical (unpaired) electrons. The van der Waals surface area contributed by atoms with Gasteiger partial charge in [0.25, 0.3) is 5.91 Å². The summed E-state index contributed by atoms with van der Waals surface area (Å²) >= 11 is 0. The van der Waals surface area contributed by atoms with Gasteiger partial charge in [-0.05, 0) is 104 Å². The molecule has 234 valence electrons. The number of nitrogens with zero attached hydrogens (tertiary/aromatic N) is 4. The predicted octanol–water partition coefficient (Wildman–Crippen LogP) is 6.94. The number of carbonyl (C=O) groups excluding carboxylic acids is 2. The van der Waals surface area contributed by atoms with Crippen LogP contribution < -0.4 is 5.73 Å². The van der Waals surface area contributed by atoms with Gasteiger partial charge in [-0.15, -0.1) is 0 Å². The van der Waals surface area contributed by atoms with Crippen molar-refractivity contribution in [1.29, 1.82) is 0 Å². The number of alkyl halides is 3. The van der Waals surface area contributed by atoms with Gasteiger partial charge in [-0.3, -0.25) is 9.59 Å². The monoisotopic (exact) mass is 623 g/mol. The number of halogens is 3. The lowest BCUT2D eigenvalue weighted by atomic mass is 9.53. The Morgan fingerprint density at radius 1 is 0.957 bits per heavy atom. The van der Waals surface area contributed by atoms with E-state index in [4.69, 9.17) is 10.8 Å². The minimum absolute atomic E-state index is 0.00957. The minimum atomic E-state index is -4.67. The third-order valence-corrected chi connectivity index (χ3v) is 11.1. The van der Waals surface area contributed by atoms with Crippen LogP contribution in [0.15, 0.2) is 60.8 Å². The van der Waals surface area contributed by atoms with Crippen molar-refractivity contribution >= 4 is 28.2 Å². The van der Waals surface area contributed by atoms with E-state index in [1.54, 1.807) is 16.6 Å². The van der Waals surface area contributed by atoms with E-state index in [9.17, 15) is 22.8 Å². The van der Waals surface area contributed by atoms with E-state index < -0.39 is 17.6 Å². The van der Waals surface area contributed by atoms with Crippen molar-refractivity contribution < 1.29 is 22.8 Å². The first-order chi connectivity index (χ1) is 22.0. The van der Waals surface area contributed by atoms with Gasteiger partial charge >= 0.3 is 6.18 Å². The summed E-state index contributed by atoms with van der Waals surface area (Å²) in [5.74, 6) is 1.84. The number of aryl methyl sites for hydroxylation is 1. The van der Waals surface area contributed by atoms with E-state index in [0.29, 0.717) is 34.9 Å². The van der Waals surface area contributed by atoms with Gasteiger partial charge in [-0.2, -0.15) is 18.3 Å². The van der Waals surface area contributed by atoms with Crippen LogP contribution in [0.3, 0.4) is 0 Å². The Morgan fingerprint density at radius 3 is 2.48 bits per heavy atom. The average Bonchev–Trinajstić information content (AvgIpc) is 3.69. The Morgan fingerprint density at radius 2 is 1.76 bits per heavy atom. The van der Waals surface area contributed by atoms with E-state index in [1.807, 2.05) is 31.3 Å². The van der Waals surface area contributed by atoms with Crippen LogP contribution in [0, 0.1) is 30.6 Å². The molecule has 3 aliphatic carbocycles. The first kappa shape index (κ1) is 27.7. The molecular weight excluding hydrogens is 591 g/mol. The Hall–Kier alpha value is -4.60. The second-order valence-electron chi connectivity index (χ2n) is 13.8. The summed E-state index contributed by atoms with van der Waals surface area (Å²) in [7, 11) is 0. The molecule has 2 aromatic carbocycles. The number of amides is 2. The zero-order chi connectivity index (χ0) is 31.6. The molecule has 3 aromatic heterocycles. The molecule has 4 fully saturated rings. The summed E-state index contributed by atoms with van der Waals surface area (Å²) in [6, 6.07) is 15.1. The molecule has 1 saturated heterocycles. The molecule has 10 heteroatoms. The Balaban J connectivity index is 1.13. The number of aromatic nitrogens is 3. The first-order valence-electron chi connectivity index (χ1n) is 16.0. The molecule has 4 atom stereocenters. The first-order valence-corrected chi connectivity index (χ1v) is 16.0. The number of hydrogen-bond donors (Lipinski definition) is 1. The third-order valence-electron chi connectivity index (χ3n) is 11.1. The molecule has 7 nitrogen and oxygen atoms in total. The van der Waals surface area contributed by atoms with Gasteiger partial charge in [0.2, 0.25) is 5.91 Å². The summed E-state index contributed by atoms with van der Waals surface area (Å²) < 4.78 is 46.4. The number of fused-ring (bicyclic) bond motifs is 2. The maximum absolute atomic E-state index is 14.2. The minimum Gasteiger partial charge on any atom is -0.366 e. The Kier molecular flexibility index (Phi) is 5.70. The Labute approximate surface area is 262 Å². The van der Waals surface area contributed by atoms with Gasteiger partial charge in [0.1, 0.15) is 5.69 Å². The maximum Gasteiger partial charge on any atom is 0.417 e. The Bertz CT molecular complexity index is 2120. The molecule has 46 heavy (non-hydrogen) atoms. The number of hydrogen-bond acceptors (Lipinski definition) is 3. The summed E-state index contributed by atoms with van der Waals surface area (Å²) in [5, 5.41) is 5.89. The quantitative estimate of drug-likeness (QED) is 0.222. The summed E-state index contributed by atoms with van der Waals surface area (Å²) in [6.45, 7) is 3.60. The van der Waals surface area contributed by atoms with Crippen molar-refractivity contribution in [2.45, 2.75) is 51.4 Å². The van der Waals surface area contributed by atoms with Crippen LogP contribution in [0.25, 0.3) is 38.9 Å². The van der Waals surface area contributed by atoms with Crippen LogP contribution in [0.4, 0.5) is 13.2 Å². The highest BCUT2D eigenvalue weighted by molar-refractivity contribution is 5.96. The molecular formula is C36H32F3N5O2. The van der Waals surface area contributed by atoms with Crippen LogP contribution >= 0.6 is 0 Å². The number of benzene rings is 2. The summed E-state index contributed by atoms with van der Waals surface area (Å²) in [4.78, 5) is 27.3. The second kappa shape index (κ2) is 9.47. The third kappa shape index (κ3) is 4.08. The number of primary amides is 1. The molecule has 2 amide bonds. The van der Waals surface area contributed by atoms with Crippen molar-refractivity contribution in [1.82, 2.24) is 19.1 Å². The van der Waals surface area contributed by atoms with E-state index in [-0.39, 0.29) is 17.0 Å². The molecule has 2 N–H and O–H groups in total. The predicted molar refractivity (Wildman–Crippen MR) is 167 cm³/mol. The highest BCUT2D eigenvalue weighted by Crippen LogP contribution is 2.60. The lowest BCUT2D eigenvalue weighted by Crippen LogP contribution is -2.53. The van der Waals surface area contributed by atoms with Crippen molar-refractivity contribution in [3.8, 4) is 22.5 Å². The van der Waals surface area contributed by atoms with Crippen LogP contribution in [0.5, 0.6) is 0 Å². The topological polar surface area (TPSA) is 85.6 Å². The standard InChI is InChI=1S/C36H32F3N5O2/c1-18-28-9-7-23(35(46)43-16-25-10-24-14-30(43)32(24)25)17-44(28)41-33(18)31-13-21-5-4-20(12-29(21)42(31)15-19-2-3-19)26-8-6-22(34(40)45)11-27(26)36(37,38)39/h4-9,11-13,17,19,24-25,30,32H,2-3,10,14-16H2,1H3,(H2,40,45)/t24?,25?,30?,32-/m1/s1. The normalized spacial score (nSPS) is 23.4. The average molecular weight is 624 g/mol. The molecule has 4 heterocycles. The highest BCUT2D eigenvalue weighted by Gasteiger charge is 2.61. The molecule has 4 aliphatic rings. The molecule has 3 saturated carbocycles. The second-order valence-corrected chi connectivity index (χ2v) is 13.8. The van der Waals surface area contributed by atoms with E-state index in [1.165, 1.54) is 18.6 Å². The summed E-state index contributed by atoms with van der Waals surface area (Å²) in [5.41, 5.74) is 9.62. The molecule has 1 aliphatic heterocycles. The van der Waals surface area contributed by atoms with Crippen molar-refractivity contribution in [2.24, 2.45) is 29.4 Å². The number of likely N-dealkylation sites (tertiary alicyclic amines) is 1. The van der Waals surface area contributed by atoms with E-state index in [2.05, 4.69) is 15.5 Å². The fourth-order valence-electron chi connectivity index (χ4n) is 8.46. The van der Waals surface area contributed by atoms with Crippen LogP contribution in [-0.4, -0.2) is 43.5 Å². The number of pyridine rings is 1. The highest BCUT2D eigenvalue weighted by atomic mass is 19.4. The lowest BCUT2D eigenvalue weighted by molar-refractivity contribution is -0.137. The zero-order valence-electron chi connectivity index (χ0n) is 25.2. The van der Waals surface area contributed by atoms with Crippen molar-refractivity contribution in [3.63, 3.8) is 0 Å². The molecule has 0 bridgehead atoms. The molecule has 5 aromatic rings. The van der Waals surface area contributed by atoms with Gasteiger partial charge in [-0.1, -0.05) is 18.2 Å². The van der Waals surface area contributed by atoms with Crippen molar-refractivity contribution in [3.05, 3.63) is 83.0 Å². The number of carbonyl (C=O) groups is 2. The maximum atomic E-state index is 14.2. The van der Waals surface area contributed by atoms with Crippen LogP contribution in [0.2, 0.25) is 0 Å². The largest absolute Gasteiger partial charge is 0.417 e. The van der Waals surface area contributed by atoms with Gasteiger partial charge < -0.3 is 15.2 Å². The number of nitrogens with two attached hydrogens (primary N) is 1. The fourth-order valence-corrected chi connectivity index (χ4v) is 8.46. The van der Waals surface area contributed by atoms with Gasteiger partial charge in [0, 0.05) is 47.4 Å². The van der Waals surface area contributed by atoms with Gasteiger partial charge in [0.15, 0.2) is 0 Å². The zero-order valence-corrected chi connectivity index (χ0v) is 25.2. The van der Waals surface area contributed by atoms with Crippen LogP contribution in [0.1, 0.15) is 57.5 Å².